The number of anilines is 2. The Hall–Kier alpha value is -1.71. The Labute approximate surface area is 89.9 Å². The number of aryl methyl sites for hydroxylation is 1. The van der Waals surface area contributed by atoms with Crippen LogP contribution >= 0.6 is 0 Å². The Morgan fingerprint density at radius 3 is 2.47 bits per heavy atom. The summed E-state index contributed by atoms with van der Waals surface area (Å²) in [6.45, 7) is 0. The van der Waals surface area contributed by atoms with Crippen LogP contribution in [0.4, 0.5) is 11.4 Å². The molecule has 0 aliphatic heterocycles. The average Bonchev–Trinajstić information content (AvgIpc) is 2.19. The molecule has 0 bridgehead atoms. The molecule has 0 radical (unpaired) electrons. The van der Waals surface area contributed by atoms with Gasteiger partial charge in [-0.25, -0.2) is 0 Å². The van der Waals surface area contributed by atoms with Crippen LogP contribution in [0.15, 0.2) is 18.2 Å². The molecule has 1 rings (SSSR count). The fourth-order valence-corrected chi connectivity index (χ4v) is 1.25. The normalized spacial score (nSPS) is 10.0. The second-order valence-electron chi connectivity index (χ2n) is 3.75. The summed E-state index contributed by atoms with van der Waals surface area (Å²) in [7, 11) is 3.50. The van der Waals surface area contributed by atoms with Crippen molar-refractivity contribution in [2.24, 2.45) is 0 Å². The Balaban J connectivity index is 2.58. The van der Waals surface area contributed by atoms with Crippen LogP contribution in [0.2, 0.25) is 0 Å². The summed E-state index contributed by atoms with van der Waals surface area (Å²) in [6, 6.07) is 5.48. The molecule has 15 heavy (non-hydrogen) atoms. The summed E-state index contributed by atoms with van der Waals surface area (Å²) >= 11 is 0. The molecule has 0 aliphatic carbocycles. The fraction of sp³-hybridized carbons (Fsp3) is 0.364. The van der Waals surface area contributed by atoms with E-state index in [2.05, 4.69) is 0 Å². The number of nitrogen functional groups attached to an aromatic ring is 2. The van der Waals surface area contributed by atoms with Crippen molar-refractivity contribution < 1.29 is 4.79 Å². The lowest BCUT2D eigenvalue weighted by Gasteiger charge is -2.10. The SMILES string of the molecule is CN(C)C(=O)CCc1ccc(N)c(N)c1. The third-order valence-corrected chi connectivity index (χ3v) is 2.28. The average molecular weight is 207 g/mol. The maximum Gasteiger partial charge on any atom is 0.222 e. The van der Waals surface area contributed by atoms with Gasteiger partial charge in [0.05, 0.1) is 11.4 Å². The highest BCUT2D eigenvalue weighted by Gasteiger charge is 2.04. The second kappa shape index (κ2) is 4.68. The van der Waals surface area contributed by atoms with Crippen molar-refractivity contribution in [3.05, 3.63) is 23.8 Å². The summed E-state index contributed by atoms with van der Waals surface area (Å²) in [6.07, 6.45) is 1.19. The van der Waals surface area contributed by atoms with Crippen molar-refractivity contribution in [1.82, 2.24) is 4.90 Å². The minimum atomic E-state index is 0.116. The van der Waals surface area contributed by atoms with Crippen molar-refractivity contribution in [3.63, 3.8) is 0 Å². The third kappa shape index (κ3) is 3.16. The molecule has 4 N–H and O–H groups in total. The molecule has 82 valence electrons. The number of benzene rings is 1. The summed E-state index contributed by atoms with van der Waals surface area (Å²) < 4.78 is 0. The molecule has 0 spiro atoms. The van der Waals surface area contributed by atoms with E-state index in [0.29, 0.717) is 24.2 Å². The number of hydrogen-bond acceptors (Lipinski definition) is 3. The molecule has 0 unspecified atom stereocenters. The monoisotopic (exact) mass is 207 g/mol. The minimum Gasteiger partial charge on any atom is -0.397 e. The van der Waals surface area contributed by atoms with Crippen LogP contribution in [0.25, 0.3) is 0 Å². The lowest BCUT2D eigenvalue weighted by molar-refractivity contribution is -0.128. The highest BCUT2D eigenvalue weighted by atomic mass is 16.2. The predicted octanol–water partition coefficient (Wildman–Crippen LogP) is 0.872. The molecule has 4 heteroatoms. The smallest absolute Gasteiger partial charge is 0.222 e. The van der Waals surface area contributed by atoms with Crippen LogP contribution in [0, 0.1) is 0 Å². The van der Waals surface area contributed by atoms with Crippen molar-refractivity contribution in [1.29, 1.82) is 0 Å². The molecule has 1 aromatic carbocycles. The van der Waals surface area contributed by atoms with Crippen LogP contribution in [-0.2, 0) is 11.2 Å². The van der Waals surface area contributed by atoms with Gasteiger partial charge < -0.3 is 16.4 Å². The highest BCUT2D eigenvalue weighted by molar-refractivity contribution is 5.76. The number of nitrogens with two attached hydrogens (primary N) is 2. The number of rotatable bonds is 3. The highest BCUT2D eigenvalue weighted by Crippen LogP contribution is 2.17. The minimum absolute atomic E-state index is 0.116. The molecule has 0 atom stereocenters. The molecule has 1 amide bonds. The van der Waals surface area contributed by atoms with E-state index in [1.165, 1.54) is 0 Å². The quantitative estimate of drug-likeness (QED) is 0.722. The van der Waals surface area contributed by atoms with Gasteiger partial charge in [0.15, 0.2) is 0 Å². The fourth-order valence-electron chi connectivity index (χ4n) is 1.25. The van der Waals surface area contributed by atoms with Gasteiger partial charge in [-0.15, -0.1) is 0 Å². The van der Waals surface area contributed by atoms with Gasteiger partial charge >= 0.3 is 0 Å². The lowest BCUT2D eigenvalue weighted by atomic mass is 10.1. The first-order valence-corrected chi connectivity index (χ1v) is 4.84. The van der Waals surface area contributed by atoms with Crippen molar-refractivity contribution in [2.45, 2.75) is 12.8 Å². The Morgan fingerprint density at radius 2 is 1.93 bits per heavy atom. The molecule has 0 aliphatic rings. The Morgan fingerprint density at radius 1 is 1.27 bits per heavy atom. The molecule has 4 nitrogen and oxygen atoms in total. The summed E-state index contributed by atoms with van der Waals surface area (Å²) in [5.41, 5.74) is 13.5. The Kier molecular flexibility index (Phi) is 3.55. The van der Waals surface area contributed by atoms with Crippen LogP contribution in [0.5, 0.6) is 0 Å². The van der Waals surface area contributed by atoms with Gasteiger partial charge in [0, 0.05) is 20.5 Å². The van der Waals surface area contributed by atoms with Crippen molar-refractivity contribution in [3.8, 4) is 0 Å². The number of carbonyl (C=O) groups excluding carboxylic acids is 1. The standard InChI is InChI=1S/C11H17N3O/c1-14(2)11(15)6-4-8-3-5-9(12)10(13)7-8/h3,5,7H,4,6,12-13H2,1-2H3. The number of amides is 1. The topological polar surface area (TPSA) is 72.3 Å². The van der Waals surface area contributed by atoms with Gasteiger partial charge in [0.2, 0.25) is 5.91 Å². The first kappa shape index (κ1) is 11.4. The molecule has 0 aromatic heterocycles. The summed E-state index contributed by atoms with van der Waals surface area (Å²) in [5, 5.41) is 0. The molecule has 0 heterocycles. The van der Waals surface area contributed by atoms with Crippen LogP contribution < -0.4 is 11.5 Å². The van der Waals surface area contributed by atoms with Gasteiger partial charge in [-0.05, 0) is 24.1 Å². The summed E-state index contributed by atoms with van der Waals surface area (Å²) in [4.78, 5) is 12.9. The first-order chi connectivity index (χ1) is 7.00. The largest absolute Gasteiger partial charge is 0.397 e. The second-order valence-corrected chi connectivity index (χ2v) is 3.75. The first-order valence-electron chi connectivity index (χ1n) is 4.84. The zero-order valence-electron chi connectivity index (χ0n) is 9.16. The maximum atomic E-state index is 11.3. The number of carbonyl (C=O) groups is 1. The molecule has 1 aromatic rings. The van der Waals surface area contributed by atoms with Crippen LogP contribution in [0.1, 0.15) is 12.0 Å². The lowest BCUT2D eigenvalue weighted by Crippen LogP contribution is -2.21. The third-order valence-electron chi connectivity index (χ3n) is 2.28. The van der Waals surface area contributed by atoms with Crippen molar-refractivity contribution >= 4 is 17.3 Å². The van der Waals surface area contributed by atoms with E-state index in [0.717, 1.165) is 5.56 Å². The van der Waals surface area contributed by atoms with E-state index in [4.69, 9.17) is 11.5 Å². The van der Waals surface area contributed by atoms with Crippen LogP contribution in [-0.4, -0.2) is 24.9 Å². The zero-order valence-corrected chi connectivity index (χ0v) is 9.16. The van der Waals surface area contributed by atoms with E-state index in [1.807, 2.05) is 12.1 Å². The van der Waals surface area contributed by atoms with Crippen molar-refractivity contribution in [2.75, 3.05) is 25.6 Å². The van der Waals surface area contributed by atoms with E-state index in [-0.39, 0.29) is 5.91 Å². The predicted molar refractivity (Wildman–Crippen MR) is 62.3 cm³/mol. The van der Waals surface area contributed by atoms with Gasteiger partial charge in [0.25, 0.3) is 0 Å². The van der Waals surface area contributed by atoms with E-state index in [1.54, 1.807) is 25.1 Å². The molecule has 0 saturated heterocycles. The number of hydrogen-bond donors (Lipinski definition) is 2. The molecule has 0 saturated carbocycles. The van der Waals surface area contributed by atoms with Crippen LogP contribution in [0.3, 0.4) is 0 Å². The molecule has 0 fully saturated rings. The van der Waals surface area contributed by atoms with Gasteiger partial charge in [0.1, 0.15) is 0 Å². The number of nitrogens with zero attached hydrogens (tertiary/aromatic N) is 1. The van der Waals surface area contributed by atoms with Gasteiger partial charge in [-0.2, -0.15) is 0 Å². The van der Waals surface area contributed by atoms with E-state index < -0.39 is 0 Å². The maximum absolute atomic E-state index is 11.3. The summed E-state index contributed by atoms with van der Waals surface area (Å²) in [5.74, 6) is 0.116. The zero-order chi connectivity index (χ0) is 11.4. The molecular formula is C11H17N3O. The van der Waals surface area contributed by atoms with E-state index >= 15 is 0 Å². The Bertz CT molecular complexity index is 361. The van der Waals surface area contributed by atoms with E-state index in [9.17, 15) is 4.79 Å². The van der Waals surface area contributed by atoms with Gasteiger partial charge in [-0.3, -0.25) is 4.79 Å². The molecular weight excluding hydrogens is 190 g/mol. The van der Waals surface area contributed by atoms with Gasteiger partial charge in [-0.1, -0.05) is 6.07 Å².